The Morgan fingerprint density at radius 3 is 2.75 bits per heavy atom. The summed E-state index contributed by atoms with van der Waals surface area (Å²) in [5.74, 6) is -0.200. The molecule has 0 saturated carbocycles. The van der Waals surface area contributed by atoms with E-state index in [4.69, 9.17) is 9.47 Å². The number of ketones is 1. The lowest BCUT2D eigenvalue weighted by atomic mass is 10.1. The summed E-state index contributed by atoms with van der Waals surface area (Å²) in [5.41, 5.74) is 0.317. The number of nitrogens with zero attached hydrogens (tertiary/aromatic N) is 3. The summed E-state index contributed by atoms with van der Waals surface area (Å²) in [6.07, 6.45) is 2.69. The summed E-state index contributed by atoms with van der Waals surface area (Å²) < 4.78 is 38.0. The molecule has 0 aliphatic carbocycles. The number of fused-ring (bicyclic) bond motifs is 2. The Labute approximate surface area is 208 Å². The molecule has 1 aromatic carbocycles. The van der Waals surface area contributed by atoms with Gasteiger partial charge in [-0.1, -0.05) is 19.4 Å². The number of ether oxygens (including phenoxy) is 2. The van der Waals surface area contributed by atoms with Gasteiger partial charge in [-0.25, -0.2) is 13.4 Å². The van der Waals surface area contributed by atoms with Gasteiger partial charge in [-0.3, -0.25) is 14.4 Å². The number of carbonyl (C=O) groups excluding carboxylic acids is 3. The Morgan fingerprint density at radius 2 is 2.00 bits per heavy atom. The normalized spacial score (nSPS) is 21.9. The van der Waals surface area contributed by atoms with Gasteiger partial charge in [-0.15, -0.1) is 0 Å². The average molecular weight is 515 g/mol. The lowest BCUT2D eigenvalue weighted by Gasteiger charge is -2.28. The summed E-state index contributed by atoms with van der Waals surface area (Å²) in [6.45, 7) is 1.87. The number of benzene rings is 1. The van der Waals surface area contributed by atoms with Gasteiger partial charge in [0.15, 0.2) is 22.3 Å². The van der Waals surface area contributed by atoms with E-state index in [0.717, 1.165) is 4.31 Å². The van der Waals surface area contributed by atoms with Gasteiger partial charge in [0.1, 0.15) is 12.1 Å². The Kier molecular flexibility index (Phi) is 6.39. The van der Waals surface area contributed by atoms with Crippen molar-refractivity contribution in [1.29, 1.82) is 0 Å². The lowest BCUT2D eigenvalue weighted by molar-refractivity contribution is -0.138. The zero-order valence-electron chi connectivity index (χ0n) is 19.6. The van der Waals surface area contributed by atoms with Crippen LogP contribution in [-0.2, 0) is 19.6 Å². The minimum Gasteiger partial charge on any atom is -0.454 e. The van der Waals surface area contributed by atoms with Crippen molar-refractivity contribution in [1.82, 2.24) is 19.5 Å². The largest absolute Gasteiger partial charge is 0.454 e. The number of hydrogen-bond donors (Lipinski definition) is 1. The van der Waals surface area contributed by atoms with E-state index < -0.39 is 40.0 Å². The molecule has 3 aliphatic heterocycles. The first-order chi connectivity index (χ1) is 17.3. The van der Waals surface area contributed by atoms with E-state index in [1.807, 2.05) is 6.92 Å². The number of Topliss-reactive ketones (excluding diaryl/α,β-unsaturated/α-hetero) is 1. The highest BCUT2D eigenvalue weighted by Gasteiger charge is 2.54. The predicted molar refractivity (Wildman–Crippen MR) is 126 cm³/mol. The molecule has 0 spiro atoms. The molecule has 2 amide bonds. The van der Waals surface area contributed by atoms with Gasteiger partial charge in [0.25, 0.3) is 15.9 Å². The first kappa shape index (κ1) is 24.2. The molecule has 3 aliphatic rings. The van der Waals surface area contributed by atoms with Gasteiger partial charge in [-0.2, -0.15) is 4.31 Å². The molecule has 11 nitrogen and oxygen atoms in total. The summed E-state index contributed by atoms with van der Waals surface area (Å²) in [5, 5.41) is 2.65. The van der Waals surface area contributed by atoms with Crippen LogP contribution in [0.4, 0.5) is 0 Å². The molecule has 0 radical (unpaired) electrons. The van der Waals surface area contributed by atoms with E-state index in [1.165, 1.54) is 17.2 Å². The van der Waals surface area contributed by atoms with Crippen LogP contribution in [0.15, 0.2) is 47.6 Å². The van der Waals surface area contributed by atoms with Crippen molar-refractivity contribution < 1.29 is 32.3 Å². The molecule has 36 heavy (non-hydrogen) atoms. The predicted octanol–water partition coefficient (Wildman–Crippen LogP) is 0.952. The molecule has 2 aromatic rings. The SMILES string of the molecule is CCCC(NC(=O)c1ccc2c(c1)OCO2)C(=O)N1CCC2C1C(=O)CN2S(=O)(=O)c1ccccn1. The maximum Gasteiger partial charge on any atom is 0.261 e. The van der Waals surface area contributed by atoms with Gasteiger partial charge in [-0.05, 0) is 43.2 Å². The van der Waals surface area contributed by atoms with Gasteiger partial charge in [0.2, 0.25) is 12.7 Å². The van der Waals surface area contributed by atoms with Crippen LogP contribution in [0.1, 0.15) is 36.5 Å². The highest BCUT2D eigenvalue weighted by atomic mass is 32.2. The third kappa shape index (κ3) is 4.20. The molecule has 2 fully saturated rings. The molecule has 1 N–H and O–H groups in total. The number of carbonyl (C=O) groups is 3. The molecule has 1 aromatic heterocycles. The van der Waals surface area contributed by atoms with Crippen LogP contribution in [0.2, 0.25) is 0 Å². The van der Waals surface area contributed by atoms with Crippen molar-refractivity contribution >= 4 is 27.6 Å². The second kappa shape index (κ2) is 9.51. The second-order valence-electron chi connectivity index (χ2n) is 8.90. The Morgan fingerprint density at radius 1 is 1.19 bits per heavy atom. The fraction of sp³-hybridized carbons (Fsp3) is 0.417. The Balaban J connectivity index is 1.33. The summed E-state index contributed by atoms with van der Waals surface area (Å²) >= 11 is 0. The number of pyridine rings is 1. The number of aromatic nitrogens is 1. The van der Waals surface area contributed by atoms with E-state index in [2.05, 4.69) is 10.3 Å². The van der Waals surface area contributed by atoms with Crippen molar-refractivity contribution in [3.63, 3.8) is 0 Å². The van der Waals surface area contributed by atoms with E-state index in [0.29, 0.717) is 36.3 Å². The summed E-state index contributed by atoms with van der Waals surface area (Å²) in [7, 11) is -3.99. The molecule has 12 heteroatoms. The maximum atomic E-state index is 13.5. The number of rotatable bonds is 7. The van der Waals surface area contributed by atoms with Crippen molar-refractivity contribution in [2.24, 2.45) is 0 Å². The minimum absolute atomic E-state index is 0.0793. The molecule has 4 heterocycles. The van der Waals surface area contributed by atoms with Crippen molar-refractivity contribution in [3.8, 4) is 11.5 Å². The molecule has 0 bridgehead atoms. The van der Waals surface area contributed by atoms with Crippen LogP contribution in [0.5, 0.6) is 11.5 Å². The van der Waals surface area contributed by atoms with E-state index >= 15 is 0 Å². The Hall–Kier alpha value is -3.51. The van der Waals surface area contributed by atoms with Crippen molar-refractivity contribution in [2.45, 2.75) is 49.3 Å². The number of amides is 2. The minimum atomic E-state index is -3.99. The van der Waals surface area contributed by atoms with Crippen LogP contribution in [0.3, 0.4) is 0 Å². The van der Waals surface area contributed by atoms with Crippen LogP contribution < -0.4 is 14.8 Å². The third-order valence-electron chi connectivity index (χ3n) is 6.69. The molecule has 3 unspecified atom stereocenters. The van der Waals surface area contributed by atoms with Crippen molar-refractivity contribution in [3.05, 3.63) is 48.2 Å². The Bertz CT molecular complexity index is 1300. The molecule has 190 valence electrons. The van der Waals surface area contributed by atoms with Gasteiger partial charge in [0, 0.05) is 18.3 Å². The van der Waals surface area contributed by atoms with Crippen LogP contribution in [-0.4, -0.2) is 78.2 Å². The number of hydrogen-bond acceptors (Lipinski definition) is 8. The standard InChI is InChI=1S/C24H26N4O7S/c1-2-5-16(26-23(30)15-7-8-19-20(12-15)35-14-34-19)24(31)27-11-9-17-22(27)18(29)13-28(17)36(32,33)21-6-3-4-10-25-21/h3-4,6-8,10,12,16-17,22H,2,5,9,11,13-14H2,1H3,(H,26,30). The highest BCUT2D eigenvalue weighted by molar-refractivity contribution is 7.89. The van der Waals surface area contributed by atoms with E-state index in [9.17, 15) is 22.8 Å². The summed E-state index contributed by atoms with van der Waals surface area (Å²) in [6, 6.07) is 6.91. The van der Waals surface area contributed by atoms with Crippen LogP contribution in [0, 0.1) is 0 Å². The molecule has 2 saturated heterocycles. The number of nitrogens with one attached hydrogen (secondary N) is 1. The highest BCUT2D eigenvalue weighted by Crippen LogP contribution is 2.35. The topological polar surface area (TPSA) is 135 Å². The average Bonchev–Trinajstić information content (AvgIpc) is 3.60. The lowest BCUT2D eigenvalue weighted by Crippen LogP contribution is -2.52. The smallest absolute Gasteiger partial charge is 0.261 e. The first-order valence-corrected chi connectivity index (χ1v) is 13.2. The molecular formula is C24H26N4O7S. The summed E-state index contributed by atoms with van der Waals surface area (Å²) in [4.78, 5) is 44.8. The monoisotopic (exact) mass is 514 g/mol. The van der Waals surface area contributed by atoms with Crippen LogP contribution >= 0.6 is 0 Å². The van der Waals surface area contributed by atoms with Crippen molar-refractivity contribution in [2.75, 3.05) is 19.9 Å². The van der Waals surface area contributed by atoms with Gasteiger partial charge < -0.3 is 19.7 Å². The third-order valence-corrected chi connectivity index (χ3v) is 8.47. The molecule has 5 rings (SSSR count). The van der Waals surface area contributed by atoms with E-state index in [-0.39, 0.29) is 30.7 Å². The zero-order valence-corrected chi connectivity index (χ0v) is 20.4. The second-order valence-corrected chi connectivity index (χ2v) is 10.7. The fourth-order valence-corrected chi connectivity index (χ4v) is 6.55. The van der Waals surface area contributed by atoms with Gasteiger partial charge >= 0.3 is 0 Å². The van der Waals surface area contributed by atoms with Gasteiger partial charge in [0.05, 0.1) is 12.6 Å². The molecular weight excluding hydrogens is 488 g/mol. The number of sulfonamides is 1. The molecule has 3 atom stereocenters. The quantitative estimate of drug-likeness (QED) is 0.577. The zero-order chi connectivity index (χ0) is 25.4. The van der Waals surface area contributed by atoms with Crippen LogP contribution in [0.25, 0.3) is 0 Å². The fourth-order valence-electron chi connectivity index (χ4n) is 4.99. The number of likely N-dealkylation sites (tertiary alicyclic amines) is 1. The van der Waals surface area contributed by atoms with E-state index in [1.54, 1.807) is 30.3 Å². The first-order valence-electron chi connectivity index (χ1n) is 11.8. The maximum absolute atomic E-state index is 13.5.